The van der Waals surface area contributed by atoms with E-state index in [9.17, 15) is 5.11 Å². The molecule has 1 saturated carbocycles. The predicted molar refractivity (Wildman–Crippen MR) is 73.9 cm³/mol. The number of aliphatic hydroxyl groups excluding tert-OH is 1. The highest BCUT2D eigenvalue weighted by molar-refractivity contribution is 5.37. The van der Waals surface area contributed by atoms with Gasteiger partial charge in [-0.1, -0.05) is 18.9 Å². The van der Waals surface area contributed by atoms with E-state index in [-0.39, 0.29) is 0 Å². The lowest BCUT2D eigenvalue weighted by atomic mass is 10.1. The molecule has 0 saturated heterocycles. The average molecular weight is 248 g/mol. The molecule has 2 rings (SSSR count). The lowest BCUT2D eigenvalue weighted by Crippen LogP contribution is -2.15. The Bertz CT molecular complexity index is 377. The zero-order valence-corrected chi connectivity index (χ0v) is 11.5. The fraction of sp³-hybridized carbons (Fsp3) is 0.625. The van der Waals surface area contributed by atoms with Gasteiger partial charge in [0.2, 0.25) is 0 Å². The molecule has 0 amide bonds. The van der Waals surface area contributed by atoms with E-state index in [1.807, 2.05) is 18.2 Å². The molecule has 0 heterocycles. The first-order valence-electron chi connectivity index (χ1n) is 7.12. The van der Waals surface area contributed by atoms with Crippen LogP contribution in [0.3, 0.4) is 0 Å². The highest BCUT2D eigenvalue weighted by atomic mass is 16.5. The third-order valence-corrected chi connectivity index (χ3v) is 3.78. The fourth-order valence-electron chi connectivity index (χ4n) is 2.60. The summed E-state index contributed by atoms with van der Waals surface area (Å²) in [7, 11) is 0. The van der Waals surface area contributed by atoms with E-state index in [0.29, 0.717) is 6.10 Å². The molecular weight excluding hydrogens is 224 g/mol. The van der Waals surface area contributed by atoms with Crippen molar-refractivity contribution in [2.45, 2.75) is 64.6 Å². The van der Waals surface area contributed by atoms with Gasteiger partial charge in [0.25, 0.3) is 0 Å². The zero-order valence-electron chi connectivity index (χ0n) is 11.5. The topological polar surface area (TPSA) is 29.5 Å². The van der Waals surface area contributed by atoms with Gasteiger partial charge in [-0.2, -0.15) is 0 Å². The van der Waals surface area contributed by atoms with Gasteiger partial charge in [-0.3, -0.25) is 0 Å². The molecule has 1 atom stereocenters. The van der Waals surface area contributed by atoms with Gasteiger partial charge in [0.1, 0.15) is 5.75 Å². The summed E-state index contributed by atoms with van der Waals surface area (Å²) >= 11 is 0. The summed E-state index contributed by atoms with van der Waals surface area (Å²) in [4.78, 5) is 0. The molecule has 0 aromatic heterocycles. The minimum absolute atomic E-state index is 0.378. The normalized spacial score (nSPS) is 19.3. The quantitative estimate of drug-likeness (QED) is 0.814. The monoisotopic (exact) mass is 248 g/mol. The Balaban J connectivity index is 2.04. The Hall–Kier alpha value is -1.02. The van der Waals surface area contributed by atoms with Crippen molar-refractivity contribution in [1.82, 2.24) is 0 Å². The molecule has 0 spiro atoms. The Morgan fingerprint density at radius 2 is 1.83 bits per heavy atom. The molecule has 0 bridgehead atoms. The van der Waals surface area contributed by atoms with E-state index in [1.165, 1.54) is 38.5 Å². The minimum atomic E-state index is -0.407. The second kappa shape index (κ2) is 6.24. The molecule has 0 unspecified atom stereocenters. The van der Waals surface area contributed by atoms with Gasteiger partial charge in [0.15, 0.2) is 0 Å². The van der Waals surface area contributed by atoms with Gasteiger partial charge >= 0.3 is 0 Å². The van der Waals surface area contributed by atoms with E-state index in [0.717, 1.165) is 16.9 Å². The number of ether oxygens (including phenoxy) is 1. The van der Waals surface area contributed by atoms with Crippen molar-refractivity contribution in [3.63, 3.8) is 0 Å². The average Bonchev–Trinajstić information content (AvgIpc) is 2.60. The van der Waals surface area contributed by atoms with Crippen molar-refractivity contribution in [3.05, 3.63) is 29.3 Å². The highest BCUT2D eigenvalue weighted by Crippen LogP contribution is 2.27. The first-order chi connectivity index (χ1) is 8.66. The first kappa shape index (κ1) is 13.4. The summed E-state index contributed by atoms with van der Waals surface area (Å²) < 4.78 is 6.12. The second-order valence-corrected chi connectivity index (χ2v) is 5.43. The van der Waals surface area contributed by atoms with Crippen molar-refractivity contribution in [2.75, 3.05) is 0 Å². The van der Waals surface area contributed by atoms with Crippen molar-refractivity contribution >= 4 is 0 Å². The van der Waals surface area contributed by atoms with Crippen LogP contribution in [0.4, 0.5) is 0 Å². The minimum Gasteiger partial charge on any atom is -0.490 e. The smallest absolute Gasteiger partial charge is 0.122 e. The van der Waals surface area contributed by atoms with E-state index < -0.39 is 6.10 Å². The van der Waals surface area contributed by atoms with Gasteiger partial charge in [-0.25, -0.2) is 0 Å². The van der Waals surface area contributed by atoms with Crippen LogP contribution in [0.2, 0.25) is 0 Å². The summed E-state index contributed by atoms with van der Waals surface area (Å²) in [6.45, 7) is 3.85. The molecule has 2 nitrogen and oxygen atoms in total. The summed E-state index contributed by atoms with van der Waals surface area (Å²) in [6, 6.07) is 5.99. The van der Waals surface area contributed by atoms with Crippen LogP contribution in [0.15, 0.2) is 18.2 Å². The maximum absolute atomic E-state index is 9.56. The lowest BCUT2D eigenvalue weighted by molar-refractivity contribution is 0.181. The van der Waals surface area contributed by atoms with Crippen LogP contribution in [0.1, 0.15) is 62.7 Å². The predicted octanol–water partition coefficient (Wildman–Crippen LogP) is 4.15. The number of hydrogen-bond donors (Lipinski definition) is 1. The molecular formula is C16H24O2. The van der Waals surface area contributed by atoms with Crippen molar-refractivity contribution < 1.29 is 9.84 Å². The standard InChI is InChI=1S/C16H24O2/c1-12-11-14(13(2)17)9-10-16(12)18-15-7-5-3-4-6-8-15/h9-11,13,15,17H,3-8H2,1-2H3/t13-/m0/s1. The number of aliphatic hydroxyl groups is 1. The number of benzene rings is 1. The molecule has 1 aromatic rings. The summed E-state index contributed by atoms with van der Waals surface area (Å²) in [5.41, 5.74) is 2.08. The summed E-state index contributed by atoms with van der Waals surface area (Å²) in [6.07, 6.45) is 7.60. The molecule has 1 fully saturated rings. The summed E-state index contributed by atoms with van der Waals surface area (Å²) in [5.74, 6) is 0.978. The molecule has 1 aliphatic rings. The largest absolute Gasteiger partial charge is 0.490 e. The summed E-state index contributed by atoms with van der Waals surface area (Å²) in [5, 5.41) is 9.56. The van der Waals surface area contributed by atoms with Gasteiger partial charge < -0.3 is 9.84 Å². The first-order valence-corrected chi connectivity index (χ1v) is 7.12. The molecule has 1 N–H and O–H groups in total. The van der Waals surface area contributed by atoms with Crippen LogP contribution in [0.25, 0.3) is 0 Å². The number of rotatable bonds is 3. The van der Waals surface area contributed by atoms with E-state index in [4.69, 9.17) is 4.74 Å². The Morgan fingerprint density at radius 1 is 1.17 bits per heavy atom. The van der Waals surface area contributed by atoms with Crippen LogP contribution in [0, 0.1) is 6.92 Å². The third kappa shape index (κ3) is 3.49. The number of hydrogen-bond acceptors (Lipinski definition) is 2. The Labute approximate surface area is 110 Å². The Morgan fingerprint density at radius 3 is 2.39 bits per heavy atom. The number of aryl methyl sites for hydroxylation is 1. The molecule has 1 aromatic carbocycles. The van der Waals surface area contributed by atoms with Crippen LogP contribution in [0.5, 0.6) is 5.75 Å². The SMILES string of the molecule is Cc1cc([C@H](C)O)ccc1OC1CCCCCC1. The fourth-order valence-corrected chi connectivity index (χ4v) is 2.60. The Kier molecular flexibility index (Phi) is 4.65. The molecule has 0 aliphatic heterocycles. The van der Waals surface area contributed by atoms with E-state index in [1.54, 1.807) is 6.92 Å². The molecule has 0 radical (unpaired) electrons. The lowest BCUT2D eigenvalue weighted by Gasteiger charge is -2.19. The maximum Gasteiger partial charge on any atom is 0.122 e. The van der Waals surface area contributed by atoms with Crippen LogP contribution < -0.4 is 4.74 Å². The van der Waals surface area contributed by atoms with E-state index in [2.05, 4.69) is 6.92 Å². The van der Waals surface area contributed by atoms with Gasteiger partial charge in [-0.15, -0.1) is 0 Å². The molecule has 100 valence electrons. The van der Waals surface area contributed by atoms with Gasteiger partial charge in [-0.05, 0) is 62.8 Å². The van der Waals surface area contributed by atoms with Crippen LogP contribution >= 0.6 is 0 Å². The van der Waals surface area contributed by atoms with Gasteiger partial charge in [0, 0.05) is 0 Å². The maximum atomic E-state index is 9.56. The second-order valence-electron chi connectivity index (χ2n) is 5.43. The van der Waals surface area contributed by atoms with Crippen LogP contribution in [-0.2, 0) is 0 Å². The van der Waals surface area contributed by atoms with Crippen molar-refractivity contribution in [2.24, 2.45) is 0 Å². The van der Waals surface area contributed by atoms with E-state index >= 15 is 0 Å². The zero-order chi connectivity index (χ0) is 13.0. The molecule has 1 aliphatic carbocycles. The highest BCUT2D eigenvalue weighted by Gasteiger charge is 2.15. The van der Waals surface area contributed by atoms with Crippen molar-refractivity contribution in [1.29, 1.82) is 0 Å². The van der Waals surface area contributed by atoms with Crippen LogP contribution in [-0.4, -0.2) is 11.2 Å². The molecule has 18 heavy (non-hydrogen) atoms. The van der Waals surface area contributed by atoms with Gasteiger partial charge in [0.05, 0.1) is 12.2 Å². The third-order valence-electron chi connectivity index (χ3n) is 3.78. The molecule has 2 heteroatoms. The van der Waals surface area contributed by atoms with Crippen molar-refractivity contribution in [3.8, 4) is 5.75 Å².